The largest absolute Gasteiger partial charge is 0.466 e. The second-order valence-corrected chi connectivity index (χ2v) is 5.08. The molecule has 1 fully saturated rings. The summed E-state index contributed by atoms with van der Waals surface area (Å²) in [4.78, 5) is 4.09. The van der Waals surface area contributed by atoms with Gasteiger partial charge in [0.05, 0.1) is 0 Å². The fraction of sp³-hybridized carbons (Fsp3) is 0.700. The molecule has 15 heavy (non-hydrogen) atoms. The summed E-state index contributed by atoms with van der Waals surface area (Å²) in [5, 5.41) is 2.97. The molecule has 2 unspecified atom stereocenters. The summed E-state index contributed by atoms with van der Waals surface area (Å²) in [6.45, 7) is 0.698. The number of hydrogen-bond donors (Lipinski definition) is 1. The Bertz CT molecular complexity index is 318. The van der Waals surface area contributed by atoms with Gasteiger partial charge in [-0.25, -0.2) is 0 Å². The van der Waals surface area contributed by atoms with Gasteiger partial charge in [-0.05, 0) is 25.8 Å². The molecule has 0 spiro atoms. The van der Waals surface area contributed by atoms with Gasteiger partial charge in [-0.1, -0.05) is 29.4 Å². The first-order chi connectivity index (χ1) is 7.29. The Morgan fingerprint density at radius 3 is 3.00 bits per heavy atom. The lowest BCUT2D eigenvalue weighted by molar-refractivity contribution is 0.0967. The van der Waals surface area contributed by atoms with Gasteiger partial charge in [0.15, 0.2) is 0 Å². The zero-order valence-electron chi connectivity index (χ0n) is 8.49. The molecule has 1 aliphatic carbocycles. The van der Waals surface area contributed by atoms with Gasteiger partial charge >= 0.3 is 0 Å². The first-order valence-corrected chi connectivity index (χ1v) is 6.53. The lowest BCUT2D eigenvalue weighted by Gasteiger charge is -2.29. The molecule has 0 aliphatic heterocycles. The van der Waals surface area contributed by atoms with Crippen LogP contribution in [0.15, 0.2) is 5.38 Å². The number of aromatic nitrogens is 1. The van der Waals surface area contributed by atoms with Crippen molar-refractivity contribution < 1.29 is 4.74 Å². The zero-order chi connectivity index (χ0) is 10.7. The normalized spacial score (nSPS) is 26.5. The SMILES string of the molecule is NCC1CCCCC1Oc1nc(Cl)cs1. The van der Waals surface area contributed by atoms with Gasteiger partial charge in [0, 0.05) is 11.3 Å². The smallest absolute Gasteiger partial charge is 0.274 e. The maximum Gasteiger partial charge on any atom is 0.274 e. The Kier molecular flexibility index (Phi) is 3.83. The molecule has 1 aromatic rings. The number of halogens is 1. The van der Waals surface area contributed by atoms with E-state index in [0.717, 1.165) is 6.42 Å². The van der Waals surface area contributed by atoms with E-state index in [0.29, 0.717) is 22.8 Å². The van der Waals surface area contributed by atoms with E-state index in [2.05, 4.69) is 4.98 Å². The van der Waals surface area contributed by atoms with Crippen LogP contribution in [-0.4, -0.2) is 17.6 Å². The molecule has 2 N–H and O–H groups in total. The van der Waals surface area contributed by atoms with Crippen molar-refractivity contribution in [2.45, 2.75) is 31.8 Å². The second kappa shape index (κ2) is 5.14. The van der Waals surface area contributed by atoms with Crippen LogP contribution in [0.5, 0.6) is 5.19 Å². The van der Waals surface area contributed by atoms with E-state index in [4.69, 9.17) is 22.1 Å². The molecular weight excluding hydrogens is 232 g/mol. The molecule has 0 aromatic carbocycles. The number of ether oxygens (including phenoxy) is 1. The molecule has 1 saturated carbocycles. The van der Waals surface area contributed by atoms with Crippen LogP contribution in [0.1, 0.15) is 25.7 Å². The van der Waals surface area contributed by atoms with Crippen LogP contribution < -0.4 is 10.5 Å². The van der Waals surface area contributed by atoms with Crippen molar-refractivity contribution >= 4 is 22.9 Å². The van der Waals surface area contributed by atoms with Crippen LogP contribution in [0, 0.1) is 5.92 Å². The maximum absolute atomic E-state index is 5.82. The van der Waals surface area contributed by atoms with E-state index in [1.807, 2.05) is 0 Å². The van der Waals surface area contributed by atoms with Crippen LogP contribution in [0.25, 0.3) is 0 Å². The molecule has 2 atom stereocenters. The van der Waals surface area contributed by atoms with Crippen LogP contribution in [0.4, 0.5) is 0 Å². The lowest BCUT2D eigenvalue weighted by atomic mass is 9.86. The fourth-order valence-electron chi connectivity index (χ4n) is 2.02. The molecule has 0 bridgehead atoms. The van der Waals surface area contributed by atoms with E-state index < -0.39 is 0 Å². The van der Waals surface area contributed by atoms with Crippen LogP contribution >= 0.6 is 22.9 Å². The Hall–Kier alpha value is -0.320. The molecule has 1 aliphatic rings. The van der Waals surface area contributed by atoms with Crippen molar-refractivity contribution in [2.75, 3.05) is 6.54 Å². The van der Waals surface area contributed by atoms with Gasteiger partial charge < -0.3 is 10.5 Å². The van der Waals surface area contributed by atoms with Crippen LogP contribution in [0.3, 0.4) is 0 Å². The summed E-state index contributed by atoms with van der Waals surface area (Å²) in [6.07, 6.45) is 4.96. The highest BCUT2D eigenvalue weighted by Crippen LogP contribution is 2.30. The van der Waals surface area contributed by atoms with E-state index in [-0.39, 0.29) is 6.10 Å². The molecule has 5 heteroatoms. The summed E-state index contributed by atoms with van der Waals surface area (Å²) in [5.41, 5.74) is 5.73. The maximum atomic E-state index is 5.82. The van der Waals surface area contributed by atoms with E-state index in [1.54, 1.807) is 5.38 Å². The van der Waals surface area contributed by atoms with Crippen LogP contribution in [-0.2, 0) is 0 Å². The van der Waals surface area contributed by atoms with E-state index in [9.17, 15) is 0 Å². The van der Waals surface area contributed by atoms with Crippen molar-refractivity contribution in [1.82, 2.24) is 4.98 Å². The lowest BCUT2D eigenvalue weighted by Crippen LogP contribution is -2.35. The van der Waals surface area contributed by atoms with Gasteiger partial charge in [-0.2, -0.15) is 4.98 Å². The van der Waals surface area contributed by atoms with Gasteiger partial charge in [-0.15, -0.1) is 0 Å². The van der Waals surface area contributed by atoms with Gasteiger partial charge in [0.2, 0.25) is 0 Å². The third kappa shape index (κ3) is 2.83. The standard InChI is InChI=1S/C10H15ClN2OS/c11-9-6-15-10(13-9)14-8-4-2-1-3-7(8)5-12/h6-8H,1-5,12H2. The molecule has 1 heterocycles. The highest BCUT2D eigenvalue weighted by atomic mass is 35.5. The predicted octanol–water partition coefficient (Wildman–Crippen LogP) is 2.69. The number of thiazole rings is 1. The Morgan fingerprint density at radius 1 is 1.53 bits per heavy atom. The average Bonchev–Trinajstić information content (AvgIpc) is 2.65. The Morgan fingerprint density at radius 2 is 2.33 bits per heavy atom. The second-order valence-electron chi connectivity index (χ2n) is 3.87. The minimum atomic E-state index is 0.228. The summed E-state index contributed by atoms with van der Waals surface area (Å²) in [7, 11) is 0. The Labute approximate surface area is 98.6 Å². The molecule has 1 aromatic heterocycles. The average molecular weight is 247 g/mol. The summed E-state index contributed by atoms with van der Waals surface area (Å²) in [5.74, 6) is 0.474. The molecule has 3 nitrogen and oxygen atoms in total. The monoisotopic (exact) mass is 246 g/mol. The molecule has 0 radical (unpaired) electrons. The third-order valence-electron chi connectivity index (χ3n) is 2.85. The predicted molar refractivity (Wildman–Crippen MR) is 62.6 cm³/mol. The number of nitrogens with zero attached hydrogens (tertiary/aromatic N) is 1. The van der Waals surface area contributed by atoms with Crippen molar-refractivity contribution in [3.8, 4) is 5.19 Å². The van der Waals surface area contributed by atoms with Gasteiger partial charge in [0.25, 0.3) is 5.19 Å². The highest BCUT2D eigenvalue weighted by molar-refractivity contribution is 7.11. The molecular formula is C10H15ClN2OS. The Balaban J connectivity index is 1.97. The first-order valence-electron chi connectivity index (χ1n) is 5.27. The molecule has 0 amide bonds. The molecule has 84 valence electrons. The summed E-state index contributed by atoms with van der Waals surface area (Å²) >= 11 is 7.19. The number of rotatable bonds is 3. The fourth-order valence-corrected chi connectivity index (χ4v) is 2.86. The van der Waals surface area contributed by atoms with Crippen molar-refractivity contribution in [3.05, 3.63) is 10.5 Å². The van der Waals surface area contributed by atoms with E-state index >= 15 is 0 Å². The van der Waals surface area contributed by atoms with Gasteiger partial charge in [-0.3, -0.25) is 0 Å². The minimum Gasteiger partial charge on any atom is -0.466 e. The summed E-state index contributed by atoms with van der Waals surface area (Å²) < 4.78 is 5.82. The molecule has 0 saturated heterocycles. The number of hydrogen-bond acceptors (Lipinski definition) is 4. The quantitative estimate of drug-likeness (QED) is 0.892. The third-order valence-corrected chi connectivity index (χ3v) is 3.90. The first kappa shape index (κ1) is 11.2. The van der Waals surface area contributed by atoms with Crippen molar-refractivity contribution in [1.29, 1.82) is 0 Å². The van der Waals surface area contributed by atoms with E-state index in [1.165, 1.54) is 30.6 Å². The summed E-state index contributed by atoms with van der Waals surface area (Å²) in [6, 6.07) is 0. The minimum absolute atomic E-state index is 0.228. The van der Waals surface area contributed by atoms with Crippen LogP contribution in [0.2, 0.25) is 5.15 Å². The highest BCUT2D eigenvalue weighted by Gasteiger charge is 2.26. The molecule has 2 rings (SSSR count). The zero-order valence-corrected chi connectivity index (χ0v) is 10.1. The number of nitrogens with two attached hydrogens (primary N) is 1. The van der Waals surface area contributed by atoms with Gasteiger partial charge in [0.1, 0.15) is 11.3 Å². The van der Waals surface area contributed by atoms with Crippen molar-refractivity contribution in [3.63, 3.8) is 0 Å². The topological polar surface area (TPSA) is 48.1 Å². The van der Waals surface area contributed by atoms with Crippen molar-refractivity contribution in [2.24, 2.45) is 11.7 Å².